The summed E-state index contributed by atoms with van der Waals surface area (Å²) in [5.41, 5.74) is 0.945. The van der Waals surface area contributed by atoms with Crippen LogP contribution in [0.4, 0.5) is 10.3 Å². The first kappa shape index (κ1) is 17.6. The molecule has 2 aromatic rings. The molecule has 1 saturated carbocycles. The van der Waals surface area contributed by atoms with E-state index in [0.29, 0.717) is 6.54 Å². The summed E-state index contributed by atoms with van der Waals surface area (Å²) in [6.45, 7) is 4.11. The highest BCUT2D eigenvalue weighted by molar-refractivity contribution is 7.92. The Morgan fingerprint density at radius 2 is 2.08 bits per heavy atom. The van der Waals surface area contributed by atoms with E-state index in [0.717, 1.165) is 22.6 Å². The van der Waals surface area contributed by atoms with E-state index in [1.165, 1.54) is 11.0 Å². The maximum absolute atomic E-state index is 13.7. The number of aryl methyl sites for hydroxylation is 1. The largest absolute Gasteiger partial charge is 0.496 e. The van der Waals surface area contributed by atoms with Gasteiger partial charge in [-0.1, -0.05) is 0 Å². The van der Waals surface area contributed by atoms with E-state index in [1.807, 2.05) is 13.8 Å². The predicted octanol–water partition coefficient (Wildman–Crippen LogP) is 1.59. The minimum atomic E-state index is -3.81. The summed E-state index contributed by atoms with van der Waals surface area (Å²) < 4.78 is 46.6. The number of nitrogens with zero attached hydrogens (tertiary/aromatic N) is 4. The molecule has 0 saturated heterocycles. The molecule has 0 bridgehead atoms. The number of alkyl halides is 1. The van der Waals surface area contributed by atoms with E-state index in [4.69, 9.17) is 4.74 Å². The molecule has 136 valence electrons. The smallest absolute Gasteiger partial charge is 0.255 e. The molecule has 2 aromatic heterocycles. The minimum Gasteiger partial charge on any atom is -0.496 e. The number of ether oxygens (including phenoxy) is 1. The van der Waals surface area contributed by atoms with Crippen molar-refractivity contribution in [2.45, 2.75) is 38.9 Å². The van der Waals surface area contributed by atoms with Crippen LogP contribution in [0.15, 0.2) is 12.5 Å². The topological polar surface area (TPSA) is 99.0 Å². The number of nitrogens with one attached hydrogen (secondary N) is 1. The second kappa shape index (κ2) is 6.25. The number of sulfonamides is 1. The Morgan fingerprint density at radius 1 is 1.36 bits per heavy atom. The summed E-state index contributed by atoms with van der Waals surface area (Å²) in [6, 6.07) is 0. The fourth-order valence-electron chi connectivity index (χ4n) is 2.60. The summed E-state index contributed by atoms with van der Waals surface area (Å²) in [5, 5.41) is 4.07. The number of hydrogen-bond acceptors (Lipinski definition) is 6. The second-order valence-corrected chi connectivity index (χ2v) is 8.05. The number of hydrogen-bond donors (Lipinski definition) is 1. The Bertz CT molecular complexity index is 893. The number of pyridine rings is 1. The van der Waals surface area contributed by atoms with Gasteiger partial charge in [0.05, 0.1) is 19.3 Å². The third-order valence-electron chi connectivity index (χ3n) is 4.09. The maximum atomic E-state index is 13.7. The fourth-order valence-corrected chi connectivity index (χ4v) is 4.01. The fraction of sp³-hybridized carbons (Fsp3) is 0.533. The number of aromatic nitrogens is 4. The van der Waals surface area contributed by atoms with E-state index in [-0.39, 0.29) is 18.8 Å². The van der Waals surface area contributed by atoms with Gasteiger partial charge < -0.3 is 4.74 Å². The Balaban J connectivity index is 1.72. The second-order valence-electron chi connectivity index (χ2n) is 6.32. The SMILES string of the molecule is COc1c(C)cnc(Cn2cnc(NS(=O)(=O)CC3(F)CC3)n2)c1C. The summed E-state index contributed by atoms with van der Waals surface area (Å²) in [4.78, 5) is 8.28. The van der Waals surface area contributed by atoms with E-state index < -0.39 is 21.4 Å². The summed E-state index contributed by atoms with van der Waals surface area (Å²) in [5.74, 6) is 0.106. The lowest BCUT2D eigenvalue weighted by molar-refractivity contribution is 0.341. The van der Waals surface area contributed by atoms with E-state index in [2.05, 4.69) is 19.8 Å². The third kappa shape index (κ3) is 4.06. The van der Waals surface area contributed by atoms with Crippen molar-refractivity contribution < 1.29 is 17.5 Å². The van der Waals surface area contributed by atoms with Crippen molar-refractivity contribution >= 4 is 16.0 Å². The number of rotatable bonds is 7. The van der Waals surface area contributed by atoms with Crippen molar-refractivity contribution in [2.24, 2.45) is 0 Å². The summed E-state index contributed by atoms with van der Waals surface area (Å²) in [7, 11) is -2.22. The summed E-state index contributed by atoms with van der Waals surface area (Å²) in [6.07, 6.45) is 3.65. The van der Waals surface area contributed by atoms with Crippen LogP contribution in [-0.2, 0) is 16.6 Å². The molecule has 0 aromatic carbocycles. The average molecular weight is 369 g/mol. The van der Waals surface area contributed by atoms with Gasteiger partial charge in [-0.2, -0.15) is 4.98 Å². The molecule has 2 heterocycles. The molecule has 1 aliphatic carbocycles. The zero-order valence-corrected chi connectivity index (χ0v) is 15.1. The van der Waals surface area contributed by atoms with Crippen LogP contribution in [0.25, 0.3) is 0 Å². The first-order valence-electron chi connectivity index (χ1n) is 7.79. The van der Waals surface area contributed by atoms with Gasteiger partial charge >= 0.3 is 0 Å². The van der Waals surface area contributed by atoms with Crippen LogP contribution < -0.4 is 9.46 Å². The molecule has 8 nitrogen and oxygen atoms in total. The average Bonchev–Trinajstić information content (AvgIpc) is 3.06. The van der Waals surface area contributed by atoms with E-state index >= 15 is 0 Å². The lowest BCUT2D eigenvalue weighted by atomic mass is 10.1. The Labute approximate surface area is 145 Å². The molecule has 0 amide bonds. The normalized spacial score (nSPS) is 15.8. The highest BCUT2D eigenvalue weighted by Gasteiger charge is 2.47. The molecule has 0 aliphatic heterocycles. The molecule has 0 radical (unpaired) electrons. The van der Waals surface area contributed by atoms with Gasteiger partial charge in [0, 0.05) is 17.3 Å². The third-order valence-corrected chi connectivity index (χ3v) is 5.48. The van der Waals surface area contributed by atoms with Crippen LogP contribution in [0.5, 0.6) is 5.75 Å². The number of halogens is 1. The minimum absolute atomic E-state index is 0.0824. The molecule has 25 heavy (non-hydrogen) atoms. The molecular weight excluding hydrogens is 349 g/mol. The van der Waals surface area contributed by atoms with E-state index in [9.17, 15) is 12.8 Å². The van der Waals surface area contributed by atoms with Crippen molar-refractivity contribution in [3.8, 4) is 5.75 Å². The standard InChI is InChI=1S/C15H20FN5O3S/c1-10-6-17-12(11(2)13(10)24-3)7-21-9-18-14(19-21)20-25(22,23)8-15(16)4-5-15/h6,9H,4-5,7-8H2,1-3H3,(H,19,20). The van der Waals surface area contributed by atoms with Gasteiger partial charge in [-0.05, 0) is 26.7 Å². The molecule has 0 spiro atoms. The predicted molar refractivity (Wildman–Crippen MR) is 89.9 cm³/mol. The van der Waals surface area contributed by atoms with Crippen LogP contribution >= 0.6 is 0 Å². The first-order chi connectivity index (χ1) is 11.7. The molecule has 3 rings (SSSR count). The van der Waals surface area contributed by atoms with Crippen LogP contribution in [0.1, 0.15) is 29.7 Å². The Morgan fingerprint density at radius 3 is 2.72 bits per heavy atom. The molecule has 0 atom stereocenters. The molecule has 1 fully saturated rings. The van der Waals surface area contributed by atoms with Crippen LogP contribution in [-0.4, -0.2) is 46.7 Å². The maximum Gasteiger partial charge on any atom is 0.255 e. The lowest BCUT2D eigenvalue weighted by Gasteiger charge is -2.12. The van der Waals surface area contributed by atoms with Crippen molar-refractivity contribution in [3.63, 3.8) is 0 Å². The van der Waals surface area contributed by atoms with Crippen LogP contribution in [0, 0.1) is 13.8 Å². The van der Waals surface area contributed by atoms with Gasteiger partial charge in [0.1, 0.15) is 23.5 Å². The van der Waals surface area contributed by atoms with Gasteiger partial charge in [0.2, 0.25) is 10.0 Å². The van der Waals surface area contributed by atoms with E-state index in [1.54, 1.807) is 13.3 Å². The molecule has 1 aliphatic rings. The van der Waals surface area contributed by atoms with Crippen molar-refractivity contribution in [3.05, 3.63) is 29.3 Å². The van der Waals surface area contributed by atoms with Crippen LogP contribution in [0.2, 0.25) is 0 Å². The monoisotopic (exact) mass is 369 g/mol. The zero-order valence-electron chi connectivity index (χ0n) is 14.3. The van der Waals surface area contributed by atoms with Crippen molar-refractivity contribution in [1.29, 1.82) is 0 Å². The van der Waals surface area contributed by atoms with Gasteiger partial charge in [0.15, 0.2) is 0 Å². The van der Waals surface area contributed by atoms with Gasteiger partial charge in [0.25, 0.3) is 5.95 Å². The highest BCUT2D eigenvalue weighted by atomic mass is 32.2. The summed E-state index contributed by atoms with van der Waals surface area (Å²) >= 11 is 0. The molecule has 0 unspecified atom stereocenters. The van der Waals surface area contributed by atoms with Crippen LogP contribution in [0.3, 0.4) is 0 Å². The zero-order chi connectivity index (χ0) is 18.2. The van der Waals surface area contributed by atoms with Gasteiger partial charge in [-0.3, -0.25) is 4.98 Å². The molecule has 1 N–H and O–H groups in total. The molecule has 10 heteroatoms. The molecular formula is C15H20FN5O3S. The Hall–Kier alpha value is -2.23. The van der Waals surface area contributed by atoms with Crippen molar-refractivity contribution in [2.75, 3.05) is 17.6 Å². The van der Waals surface area contributed by atoms with Gasteiger partial charge in [-0.25, -0.2) is 22.2 Å². The number of methoxy groups -OCH3 is 1. The quantitative estimate of drug-likeness (QED) is 0.796. The van der Waals surface area contributed by atoms with Gasteiger partial charge in [-0.15, -0.1) is 5.10 Å². The van der Waals surface area contributed by atoms with Crippen molar-refractivity contribution in [1.82, 2.24) is 19.7 Å². The highest BCUT2D eigenvalue weighted by Crippen LogP contribution is 2.40. The number of anilines is 1. The Kier molecular flexibility index (Phi) is 4.40. The first-order valence-corrected chi connectivity index (χ1v) is 9.44. The lowest BCUT2D eigenvalue weighted by Crippen LogP contribution is -2.25.